The highest BCUT2D eigenvalue weighted by Gasteiger charge is 2.13. The van der Waals surface area contributed by atoms with E-state index in [0.29, 0.717) is 16.7 Å². The topological polar surface area (TPSA) is 66.2 Å². The highest BCUT2D eigenvalue weighted by Crippen LogP contribution is 2.27. The lowest BCUT2D eigenvalue weighted by Gasteiger charge is -2.12. The number of halogens is 1. The second kappa shape index (κ2) is 4.92. The molecule has 1 unspecified atom stereocenters. The number of hydrogen-bond donors (Lipinski definition) is 2. The quantitative estimate of drug-likeness (QED) is 0.756. The Labute approximate surface area is 123 Å². The smallest absolute Gasteiger partial charge is 0.408 e. The molecule has 2 aromatic carbocycles. The molecule has 4 nitrogen and oxygen atoms in total. The van der Waals surface area contributed by atoms with Gasteiger partial charge in [0.2, 0.25) is 0 Å². The number of rotatable bonds is 2. The van der Waals surface area contributed by atoms with Gasteiger partial charge in [0, 0.05) is 4.47 Å². The van der Waals surface area contributed by atoms with Crippen molar-refractivity contribution in [3.63, 3.8) is 0 Å². The van der Waals surface area contributed by atoms with Crippen molar-refractivity contribution in [3.8, 4) is 0 Å². The molecule has 0 bridgehead atoms. The molecule has 1 aromatic heterocycles. The lowest BCUT2D eigenvalue weighted by atomic mass is 10.00. The molecule has 0 aliphatic heterocycles. The van der Waals surface area contributed by atoms with Crippen LogP contribution in [0, 0.1) is 6.92 Å². The minimum Gasteiger partial charge on any atom is -0.408 e. The molecule has 0 saturated heterocycles. The monoisotopic (exact) mass is 333 g/mol. The van der Waals surface area contributed by atoms with Gasteiger partial charge in [-0.15, -0.1) is 0 Å². The number of aromatic nitrogens is 1. The number of aliphatic hydroxyl groups excluding tert-OH is 1. The van der Waals surface area contributed by atoms with Gasteiger partial charge in [0.05, 0.1) is 5.52 Å². The Bertz CT molecular complexity index is 814. The van der Waals surface area contributed by atoms with E-state index < -0.39 is 11.9 Å². The molecule has 102 valence electrons. The van der Waals surface area contributed by atoms with Crippen LogP contribution in [0.5, 0.6) is 0 Å². The summed E-state index contributed by atoms with van der Waals surface area (Å²) >= 11 is 3.42. The standard InChI is InChI=1S/C15H12BrNO3/c1-8-4-10(6-11(16)5-8)14(18)9-2-3-12-13(7-9)20-15(19)17-12/h2-7,14,18H,1H3,(H,17,19). The van der Waals surface area contributed by atoms with Crippen molar-refractivity contribution >= 4 is 27.0 Å². The fraction of sp³-hybridized carbons (Fsp3) is 0.133. The van der Waals surface area contributed by atoms with Gasteiger partial charge in [-0.2, -0.15) is 0 Å². The molecular weight excluding hydrogens is 322 g/mol. The molecule has 0 aliphatic carbocycles. The van der Waals surface area contributed by atoms with Crippen molar-refractivity contribution in [1.82, 2.24) is 4.98 Å². The predicted octanol–water partition coefficient (Wildman–Crippen LogP) is 3.27. The summed E-state index contributed by atoms with van der Waals surface area (Å²) in [6, 6.07) is 10.9. The van der Waals surface area contributed by atoms with E-state index in [1.54, 1.807) is 18.2 Å². The van der Waals surface area contributed by atoms with Gasteiger partial charge in [0.25, 0.3) is 0 Å². The zero-order valence-electron chi connectivity index (χ0n) is 10.7. The van der Waals surface area contributed by atoms with Crippen LogP contribution < -0.4 is 5.76 Å². The van der Waals surface area contributed by atoms with Crippen LogP contribution in [0.1, 0.15) is 22.8 Å². The number of aromatic amines is 1. The molecule has 0 fully saturated rings. The molecule has 5 heteroatoms. The summed E-state index contributed by atoms with van der Waals surface area (Å²) in [5.41, 5.74) is 3.59. The molecule has 2 N–H and O–H groups in total. The first kappa shape index (κ1) is 13.1. The van der Waals surface area contributed by atoms with Crippen molar-refractivity contribution in [2.24, 2.45) is 0 Å². The van der Waals surface area contributed by atoms with E-state index in [0.717, 1.165) is 15.6 Å². The van der Waals surface area contributed by atoms with Gasteiger partial charge in [-0.25, -0.2) is 4.79 Å². The predicted molar refractivity (Wildman–Crippen MR) is 79.8 cm³/mol. The van der Waals surface area contributed by atoms with Gasteiger partial charge in [-0.05, 0) is 47.9 Å². The molecule has 0 radical (unpaired) electrons. The van der Waals surface area contributed by atoms with E-state index in [9.17, 15) is 9.90 Å². The van der Waals surface area contributed by atoms with E-state index in [2.05, 4.69) is 20.9 Å². The molecule has 0 spiro atoms. The minimum absolute atomic E-state index is 0.443. The van der Waals surface area contributed by atoms with Gasteiger partial charge in [0.15, 0.2) is 5.58 Å². The minimum atomic E-state index is -0.768. The average Bonchev–Trinajstić information content (AvgIpc) is 2.75. The van der Waals surface area contributed by atoms with Gasteiger partial charge in [0.1, 0.15) is 6.10 Å². The molecule has 0 amide bonds. The summed E-state index contributed by atoms with van der Waals surface area (Å²) in [5, 5.41) is 10.5. The zero-order chi connectivity index (χ0) is 14.3. The highest BCUT2D eigenvalue weighted by atomic mass is 79.9. The van der Waals surface area contributed by atoms with Crippen molar-refractivity contribution < 1.29 is 9.52 Å². The summed E-state index contributed by atoms with van der Waals surface area (Å²) in [5.74, 6) is -0.495. The van der Waals surface area contributed by atoms with Crippen LogP contribution in [0.25, 0.3) is 11.1 Å². The molecular formula is C15H12BrNO3. The van der Waals surface area contributed by atoms with E-state index in [1.165, 1.54) is 0 Å². The van der Waals surface area contributed by atoms with Crippen molar-refractivity contribution in [1.29, 1.82) is 0 Å². The lowest BCUT2D eigenvalue weighted by Crippen LogP contribution is -2.00. The molecule has 3 aromatic rings. The summed E-state index contributed by atoms with van der Waals surface area (Å²) in [4.78, 5) is 13.7. The number of hydrogen-bond acceptors (Lipinski definition) is 3. The van der Waals surface area contributed by atoms with Crippen LogP contribution in [0.3, 0.4) is 0 Å². The summed E-state index contributed by atoms with van der Waals surface area (Å²) < 4.78 is 5.93. The lowest BCUT2D eigenvalue weighted by molar-refractivity contribution is 0.220. The van der Waals surface area contributed by atoms with Gasteiger partial charge >= 0.3 is 5.76 Å². The first-order valence-electron chi connectivity index (χ1n) is 6.11. The van der Waals surface area contributed by atoms with Crippen LogP contribution in [0.2, 0.25) is 0 Å². The molecule has 3 rings (SSSR count). The van der Waals surface area contributed by atoms with E-state index in [1.807, 2.05) is 25.1 Å². The number of fused-ring (bicyclic) bond motifs is 1. The molecule has 1 atom stereocenters. The van der Waals surface area contributed by atoms with Crippen molar-refractivity contribution in [2.75, 3.05) is 0 Å². The fourth-order valence-electron chi connectivity index (χ4n) is 2.25. The second-order valence-electron chi connectivity index (χ2n) is 4.73. The Morgan fingerprint density at radius 3 is 2.75 bits per heavy atom. The van der Waals surface area contributed by atoms with Gasteiger partial charge in [-0.1, -0.05) is 28.1 Å². The number of benzene rings is 2. The Morgan fingerprint density at radius 1 is 1.20 bits per heavy atom. The van der Waals surface area contributed by atoms with Gasteiger partial charge in [-0.3, -0.25) is 4.98 Å². The number of aliphatic hydroxyl groups is 1. The van der Waals surface area contributed by atoms with Crippen molar-refractivity contribution in [2.45, 2.75) is 13.0 Å². The van der Waals surface area contributed by atoms with Crippen LogP contribution in [-0.2, 0) is 0 Å². The molecule has 0 aliphatic rings. The van der Waals surface area contributed by atoms with Crippen LogP contribution in [0.15, 0.2) is 50.1 Å². The van der Waals surface area contributed by atoms with E-state index >= 15 is 0 Å². The first-order valence-corrected chi connectivity index (χ1v) is 6.90. The third-order valence-corrected chi connectivity index (χ3v) is 3.60. The molecule has 0 saturated carbocycles. The van der Waals surface area contributed by atoms with Gasteiger partial charge < -0.3 is 9.52 Å². The first-order chi connectivity index (χ1) is 9.52. The normalized spacial score (nSPS) is 12.8. The zero-order valence-corrected chi connectivity index (χ0v) is 12.3. The Morgan fingerprint density at radius 2 is 2.00 bits per heavy atom. The Hall–Kier alpha value is -1.85. The number of aryl methyl sites for hydroxylation is 1. The summed E-state index contributed by atoms with van der Waals surface area (Å²) in [6.45, 7) is 1.97. The van der Waals surface area contributed by atoms with Crippen molar-refractivity contribution in [3.05, 3.63) is 68.1 Å². The molecule has 1 heterocycles. The number of H-pyrrole nitrogens is 1. The molecule has 20 heavy (non-hydrogen) atoms. The maximum atomic E-state index is 11.1. The van der Waals surface area contributed by atoms with Crippen LogP contribution in [-0.4, -0.2) is 10.1 Å². The largest absolute Gasteiger partial charge is 0.417 e. The third kappa shape index (κ3) is 2.42. The maximum Gasteiger partial charge on any atom is 0.417 e. The highest BCUT2D eigenvalue weighted by molar-refractivity contribution is 9.10. The summed E-state index contributed by atoms with van der Waals surface area (Å²) in [7, 11) is 0. The maximum absolute atomic E-state index is 11.1. The van der Waals surface area contributed by atoms with E-state index in [4.69, 9.17) is 4.42 Å². The Kier molecular flexibility index (Phi) is 3.23. The second-order valence-corrected chi connectivity index (χ2v) is 5.65. The summed E-state index contributed by atoms with van der Waals surface area (Å²) in [6.07, 6.45) is -0.768. The number of nitrogens with one attached hydrogen (secondary N) is 1. The SMILES string of the molecule is Cc1cc(Br)cc(C(O)c2ccc3[nH]c(=O)oc3c2)c1. The number of oxazole rings is 1. The Balaban J connectivity index is 2.06. The third-order valence-electron chi connectivity index (χ3n) is 3.14. The van der Waals surface area contributed by atoms with Crippen LogP contribution >= 0.6 is 15.9 Å². The average molecular weight is 334 g/mol. The van der Waals surface area contributed by atoms with Crippen LogP contribution in [0.4, 0.5) is 0 Å². The van der Waals surface area contributed by atoms with E-state index in [-0.39, 0.29) is 0 Å². The fourth-order valence-corrected chi connectivity index (χ4v) is 2.87.